The lowest BCUT2D eigenvalue weighted by Crippen LogP contribution is -1.94. The van der Waals surface area contributed by atoms with Gasteiger partial charge in [0, 0.05) is 17.2 Å². The van der Waals surface area contributed by atoms with Gasteiger partial charge in [-0.05, 0) is 43.5 Å². The summed E-state index contributed by atoms with van der Waals surface area (Å²) in [5, 5.41) is 1.50. The SMILES string of the molecule is Cc1ccc2c(sc3c(F)c(OC4=CCCC4)ccc32)c1F. The van der Waals surface area contributed by atoms with Gasteiger partial charge in [-0.2, -0.15) is 0 Å². The van der Waals surface area contributed by atoms with Crippen LogP contribution in [0.5, 0.6) is 5.75 Å². The molecular weight excluding hydrogens is 302 g/mol. The van der Waals surface area contributed by atoms with Crippen molar-refractivity contribution in [3.05, 3.63) is 53.3 Å². The smallest absolute Gasteiger partial charge is 0.183 e. The lowest BCUT2D eigenvalue weighted by molar-refractivity contribution is 0.388. The molecule has 4 rings (SSSR count). The number of aryl methyl sites for hydroxylation is 1. The Morgan fingerprint density at radius 1 is 1.00 bits per heavy atom. The van der Waals surface area contributed by atoms with Gasteiger partial charge in [-0.15, -0.1) is 11.3 Å². The number of halogens is 2. The molecule has 0 atom stereocenters. The molecule has 112 valence electrons. The molecule has 0 amide bonds. The molecule has 1 heterocycles. The van der Waals surface area contributed by atoms with Crippen molar-refractivity contribution in [1.82, 2.24) is 0 Å². The van der Waals surface area contributed by atoms with E-state index in [1.165, 1.54) is 0 Å². The zero-order chi connectivity index (χ0) is 15.3. The van der Waals surface area contributed by atoms with Crippen LogP contribution in [0.15, 0.2) is 36.1 Å². The molecule has 0 N–H and O–H groups in total. The monoisotopic (exact) mass is 316 g/mol. The second-order valence-corrected chi connectivity index (χ2v) is 6.61. The molecule has 1 nitrogen and oxygen atoms in total. The molecule has 4 heteroatoms. The van der Waals surface area contributed by atoms with Crippen molar-refractivity contribution in [3.8, 4) is 5.75 Å². The molecular formula is C18H14F2OS. The standard InChI is InChI=1S/C18H14F2OS/c1-10-6-7-12-13-8-9-14(21-11-4-2-3-5-11)16(20)18(13)22-17(12)15(10)19/h4,6-9H,2-3,5H2,1H3. The molecule has 1 aliphatic carbocycles. The maximum Gasteiger partial charge on any atom is 0.183 e. The van der Waals surface area contributed by atoms with Crippen molar-refractivity contribution in [1.29, 1.82) is 0 Å². The lowest BCUT2D eigenvalue weighted by Gasteiger charge is -2.07. The van der Waals surface area contributed by atoms with Gasteiger partial charge in [0.2, 0.25) is 0 Å². The van der Waals surface area contributed by atoms with Crippen molar-refractivity contribution in [3.63, 3.8) is 0 Å². The Morgan fingerprint density at radius 3 is 2.45 bits per heavy atom. The Labute approximate surface area is 130 Å². The van der Waals surface area contributed by atoms with Crippen molar-refractivity contribution in [2.75, 3.05) is 0 Å². The first-order valence-corrected chi connectivity index (χ1v) is 8.13. The molecule has 0 saturated heterocycles. The van der Waals surface area contributed by atoms with Gasteiger partial charge < -0.3 is 4.74 Å². The number of allylic oxidation sites excluding steroid dienone is 2. The quantitative estimate of drug-likeness (QED) is 0.556. The number of benzene rings is 2. The second kappa shape index (κ2) is 5.06. The van der Waals surface area contributed by atoms with Crippen LogP contribution >= 0.6 is 11.3 Å². The minimum absolute atomic E-state index is 0.226. The minimum Gasteiger partial charge on any atom is -0.459 e. The molecule has 1 aromatic heterocycles. The first-order chi connectivity index (χ1) is 10.6. The summed E-state index contributed by atoms with van der Waals surface area (Å²) in [5.74, 6) is 0.383. The highest BCUT2D eigenvalue weighted by atomic mass is 32.1. The van der Waals surface area contributed by atoms with Gasteiger partial charge in [-0.25, -0.2) is 8.78 Å². The van der Waals surface area contributed by atoms with Gasteiger partial charge in [0.05, 0.1) is 9.40 Å². The first-order valence-electron chi connectivity index (χ1n) is 7.32. The van der Waals surface area contributed by atoms with E-state index < -0.39 is 5.82 Å². The molecule has 1 aliphatic rings. The van der Waals surface area contributed by atoms with Gasteiger partial charge >= 0.3 is 0 Å². The highest BCUT2D eigenvalue weighted by molar-refractivity contribution is 7.25. The average Bonchev–Trinajstić information content (AvgIpc) is 3.14. The molecule has 0 unspecified atom stereocenters. The van der Waals surface area contributed by atoms with Crippen LogP contribution in [-0.4, -0.2) is 0 Å². The summed E-state index contributed by atoms with van der Waals surface area (Å²) < 4.78 is 35.6. The second-order valence-electron chi connectivity index (χ2n) is 5.59. The number of fused-ring (bicyclic) bond motifs is 3. The third-order valence-electron chi connectivity index (χ3n) is 4.09. The summed E-state index contributed by atoms with van der Waals surface area (Å²) >= 11 is 1.15. The normalized spacial score (nSPS) is 14.8. The van der Waals surface area contributed by atoms with Crippen LogP contribution in [0.25, 0.3) is 20.2 Å². The van der Waals surface area contributed by atoms with E-state index in [-0.39, 0.29) is 11.6 Å². The van der Waals surface area contributed by atoms with Crippen LogP contribution in [0.4, 0.5) is 8.78 Å². The molecule has 0 spiro atoms. The van der Waals surface area contributed by atoms with E-state index in [9.17, 15) is 8.78 Å². The summed E-state index contributed by atoms with van der Waals surface area (Å²) in [7, 11) is 0. The third-order valence-corrected chi connectivity index (χ3v) is 5.29. The van der Waals surface area contributed by atoms with E-state index >= 15 is 0 Å². The largest absolute Gasteiger partial charge is 0.459 e. The van der Waals surface area contributed by atoms with Gasteiger partial charge in [0.25, 0.3) is 0 Å². The molecule has 0 saturated carbocycles. The lowest BCUT2D eigenvalue weighted by atomic mass is 10.1. The van der Waals surface area contributed by atoms with Crippen molar-refractivity contribution in [2.24, 2.45) is 0 Å². The Balaban J connectivity index is 1.91. The molecule has 0 aliphatic heterocycles. The summed E-state index contributed by atoms with van der Waals surface area (Å²) in [4.78, 5) is 0. The van der Waals surface area contributed by atoms with Gasteiger partial charge in [0.1, 0.15) is 11.6 Å². The van der Waals surface area contributed by atoms with Crippen molar-refractivity contribution < 1.29 is 13.5 Å². The van der Waals surface area contributed by atoms with Crippen LogP contribution in [-0.2, 0) is 0 Å². The van der Waals surface area contributed by atoms with E-state index in [2.05, 4.69) is 0 Å². The zero-order valence-electron chi connectivity index (χ0n) is 12.1. The molecule has 3 aromatic rings. The number of rotatable bonds is 2. The van der Waals surface area contributed by atoms with E-state index in [0.29, 0.717) is 15.0 Å². The van der Waals surface area contributed by atoms with Crippen LogP contribution in [0.3, 0.4) is 0 Å². The summed E-state index contributed by atoms with van der Waals surface area (Å²) in [6.07, 6.45) is 4.87. The Morgan fingerprint density at radius 2 is 1.73 bits per heavy atom. The average molecular weight is 316 g/mol. The minimum atomic E-state index is -0.399. The Bertz CT molecular complexity index is 924. The maximum absolute atomic E-state index is 14.7. The predicted octanol–water partition coefficient (Wildman–Crippen LogP) is 6.09. The molecule has 0 fully saturated rings. The third kappa shape index (κ3) is 2.02. The van der Waals surface area contributed by atoms with Crippen molar-refractivity contribution in [2.45, 2.75) is 26.2 Å². The van der Waals surface area contributed by atoms with Crippen LogP contribution in [0, 0.1) is 18.6 Å². The van der Waals surface area contributed by atoms with Gasteiger partial charge in [-0.1, -0.05) is 12.1 Å². The van der Waals surface area contributed by atoms with E-state index in [4.69, 9.17) is 4.74 Å². The van der Waals surface area contributed by atoms with E-state index in [0.717, 1.165) is 47.1 Å². The fourth-order valence-corrected chi connectivity index (χ4v) is 4.09. The first kappa shape index (κ1) is 13.7. The highest BCUT2D eigenvalue weighted by Crippen LogP contribution is 2.40. The fourth-order valence-electron chi connectivity index (χ4n) is 2.87. The van der Waals surface area contributed by atoms with Crippen LogP contribution < -0.4 is 4.74 Å². The van der Waals surface area contributed by atoms with Gasteiger partial charge in [0.15, 0.2) is 11.6 Å². The van der Waals surface area contributed by atoms with Gasteiger partial charge in [-0.3, -0.25) is 0 Å². The number of thiophene rings is 1. The summed E-state index contributed by atoms with van der Waals surface area (Å²) in [6.45, 7) is 1.72. The van der Waals surface area contributed by atoms with Crippen molar-refractivity contribution >= 4 is 31.5 Å². The van der Waals surface area contributed by atoms with Crippen LogP contribution in [0.1, 0.15) is 24.8 Å². The van der Waals surface area contributed by atoms with E-state index in [1.54, 1.807) is 19.1 Å². The van der Waals surface area contributed by atoms with Crippen LogP contribution in [0.2, 0.25) is 0 Å². The predicted molar refractivity (Wildman–Crippen MR) is 86.5 cm³/mol. The molecule has 0 bridgehead atoms. The molecule has 22 heavy (non-hydrogen) atoms. The fraction of sp³-hybridized carbons (Fsp3) is 0.222. The number of hydrogen-bond acceptors (Lipinski definition) is 2. The topological polar surface area (TPSA) is 9.23 Å². The molecule has 2 aromatic carbocycles. The van der Waals surface area contributed by atoms with E-state index in [1.807, 2.05) is 18.2 Å². The highest BCUT2D eigenvalue weighted by Gasteiger charge is 2.18. The number of ether oxygens (including phenoxy) is 1. The zero-order valence-corrected chi connectivity index (χ0v) is 12.9. The Hall–Kier alpha value is -1.94. The Kier molecular flexibility index (Phi) is 3.15. The summed E-state index contributed by atoms with van der Waals surface area (Å²) in [6, 6.07) is 7.04. The summed E-state index contributed by atoms with van der Waals surface area (Å²) in [5.41, 5.74) is 0.576. The number of hydrogen-bond donors (Lipinski definition) is 0. The molecule has 0 radical (unpaired) electrons. The maximum atomic E-state index is 14.7.